The first-order chi connectivity index (χ1) is 17.7. The van der Waals surface area contributed by atoms with Gasteiger partial charge in [0.1, 0.15) is 0 Å². The van der Waals surface area contributed by atoms with Crippen LogP contribution in [0, 0.1) is 17.8 Å². The van der Waals surface area contributed by atoms with E-state index in [1.165, 1.54) is 36.1 Å². The average molecular weight is 483 g/mol. The topological polar surface area (TPSA) is 59.6 Å². The van der Waals surface area contributed by atoms with E-state index in [1.807, 2.05) is 24.3 Å². The highest BCUT2D eigenvalue weighted by molar-refractivity contribution is 5.95. The Hall–Kier alpha value is -3.47. The van der Waals surface area contributed by atoms with E-state index in [9.17, 15) is 4.79 Å². The van der Waals surface area contributed by atoms with Gasteiger partial charge in [0, 0.05) is 17.8 Å². The summed E-state index contributed by atoms with van der Waals surface area (Å²) in [7, 11) is 3.27. The van der Waals surface area contributed by atoms with Crippen LogP contribution in [0.3, 0.4) is 0 Å². The van der Waals surface area contributed by atoms with Crippen LogP contribution in [0.15, 0.2) is 66.7 Å². The van der Waals surface area contributed by atoms with E-state index in [0.29, 0.717) is 35.9 Å². The number of amides is 1. The zero-order valence-electron chi connectivity index (χ0n) is 21.0. The normalized spacial score (nSPS) is 25.4. The lowest BCUT2D eigenvalue weighted by molar-refractivity contribution is 0.0954. The zero-order valence-corrected chi connectivity index (χ0v) is 21.0. The Morgan fingerprint density at radius 2 is 1.75 bits per heavy atom. The summed E-state index contributed by atoms with van der Waals surface area (Å²) in [6.07, 6.45) is 4.70. The summed E-state index contributed by atoms with van der Waals surface area (Å²) in [5, 5.41) is 6.98. The standard InChI is InChI=1S/C31H34N2O3/c1-35-26-13-8-19(16-27(26)36-2)14-15-32-31(34)23-11-12-25-24(18-23)28-21-9-10-22(17-21)29(28)30(33-25)20-6-4-3-5-7-20/h3-8,11-13,16,18,21-22,28-30,33H,9-10,14-15,17H2,1-2H3,(H,32,34)/t21-,22-,28-,29+,30-/m0/s1. The second kappa shape index (κ2) is 9.53. The molecular weight excluding hydrogens is 448 g/mol. The summed E-state index contributed by atoms with van der Waals surface area (Å²) >= 11 is 0. The van der Waals surface area contributed by atoms with E-state index in [2.05, 4.69) is 53.1 Å². The lowest BCUT2D eigenvalue weighted by Gasteiger charge is -2.43. The number of nitrogens with one attached hydrogen (secondary N) is 2. The van der Waals surface area contributed by atoms with Crippen molar-refractivity contribution >= 4 is 11.6 Å². The molecule has 1 heterocycles. The van der Waals surface area contributed by atoms with Gasteiger partial charge in [-0.05, 0) is 96.4 Å². The van der Waals surface area contributed by atoms with Gasteiger partial charge in [-0.3, -0.25) is 4.79 Å². The fraction of sp³-hybridized carbons (Fsp3) is 0.387. The lowest BCUT2D eigenvalue weighted by Crippen LogP contribution is -2.35. The van der Waals surface area contributed by atoms with Crippen molar-refractivity contribution in [3.63, 3.8) is 0 Å². The highest BCUT2D eigenvalue weighted by Crippen LogP contribution is 2.63. The molecule has 3 aliphatic rings. The summed E-state index contributed by atoms with van der Waals surface area (Å²) in [4.78, 5) is 13.1. The largest absolute Gasteiger partial charge is 0.493 e. The minimum atomic E-state index is -0.0110. The zero-order chi connectivity index (χ0) is 24.6. The molecule has 0 aromatic heterocycles. The van der Waals surface area contributed by atoms with Crippen molar-refractivity contribution in [3.8, 4) is 11.5 Å². The molecule has 0 saturated heterocycles. The van der Waals surface area contributed by atoms with Crippen molar-refractivity contribution < 1.29 is 14.3 Å². The molecule has 1 amide bonds. The second-order valence-corrected chi connectivity index (χ2v) is 10.5. The van der Waals surface area contributed by atoms with Gasteiger partial charge in [0.2, 0.25) is 0 Å². The third kappa shape index (κ3) is 4.01. The number of hydrogen-bond acceptors (Lipinski definition) is 4. The molecule has 5 nitrogen and oxygen atoms in total. The number of ether oxygens (including phenoxy) is 2. The molecule has 186 valence electrons. The molecule has 2 fully saturated rings. The molecule has 0 radical (unpaired) electrons. The Labute approximate surface area is 213 Å². The van der Waals surface area contributed by atoms with Gasteiger partial charge in [-0.15, -0.1) is 0 Å². The first-order valence-corrected chi connectivity index (χ1v) is 13.1. The molecule has 2 aliphatic carbocycles. The maximum absolute atomic E-state index is 13.1. The fourth-order valence-corrected chi connectivity index (χ4v) is 7.08. The maximum atomic E-state index is 13.1. The van der Waals surface area contributed by atoms with Crippen molar-refractivity contribution in [1.29, 1.82) is 0 Å². The van der Waals surface area contributed by atoms with E-state index in [0.717, 1.165) is 29.4 Å². The Bertz CT molecular complexity index is 1260. The molecule has 3 aromatic rings. The van der Waals surface area contributed by atoms with Gasteiger partial charge in [-0.25, -0.2) is 0 Å². The quantitative estimate of drug-likeness (QED) is 0.435. The molecule has 2 N–H and O–H groups in total. The number of carbonyl (C=O) groups is 1. The first-order valence-electron chi connectivity index (χ1n) is 13.1. The van der Waals surface area contributed by atoms with Gasteiger partial charge < -0.3 is 20.1 Å². The van der Waals surface area contributed by atoms with Crippen molar-refractivity contribution in [2.75, 3.05) is 26.1 Å². The van der Waals surface area contributed by atoms with Crippen LogP contribution >= 0.6 is 0 Å². The SMILES string of the molecule is COc1ccc(CCNC(=O)c2ccc3c(c2)[C@@H]2[C@H]4CC[C@@H](C4)[C@H]2[C@H](c2ccccc2)N3)cc1OC. The number of hydrogen-bond donors (Lipinski definition) is 2. The summed E-state index contributed by atoms with van der Waals surface area (Å²) in [6, 6.07) is 23.4. The van der Waals surface area contributed by atoms with Crippen LogP contribution < -0.4 is 20.1 Å². The van der Waals surface area contributed by atoms with Gasteiger partial charge in [-0.2, -0.15) is 0 Å². The number of rotatable bonds is 7. The predicted molar refractivity (Wildman–Crippen MR) is 142 cm³/mol. The van der Waals surface area contributed by atoms with Crippen LogP contribution in [0.1, 0.15) is 58.3 Å². The highest BCUT2D eigenvalue weighted by atomic mass is 16.5. The van der Waals surface area contributed by atoms with Crippen LogP contribution in [0.2, 0.25) is 0 Å². The van der Waals surface area contributed by atoms with E-state index >= 15 is 0 Å². The average Bonchev–Trinajstić information content (AvgIpc) is 3.56. The molecule has 36 heavy (non-hydrogen) atoms. The van der Waals surface area contributed by atoms with Crippen molar-refractivity contribution in [2.45, 2.75) is 37.6 Å². The number of benzene rings is 3. The Morgan fingerprint density at radius 1 is 0.944 bits per heavy atom. The van der Waals surface area contributed by atoms with Crippen LogP contribution in [0.4, 0.5) is 5.69 Å². The molecule has 2 saturated carbocycles. The highest BCUT2D eigenvalue weighted by Gasteiger charge is 2.53. The van der Waals surface area contributed by atoms with Crippen molar-refractivity contribution in [1.82, 2.24) is 5.32 Å². The molecule has 3 aromatic carbocycles. The second-order valence-electron chi connectivity index (χ2n) is 10.5. The number of fused-ring (bicyclic) bond motifs is 7. The lowest BCUT2D eigenvalue weighted by atomic mass is 9.68. The first kappa shape index (κ1) is 23.0. The molecule has 1 aliphatic heterocycles. The van der Waals surface area contributed by atoms with Crippen LogP contribution in [0.5, 0.6) is 11.5 Å². The summed E-state index contributed by atoms with van der Waals surface area (Å²) in [5.41, 5.74) is 5.76. The number of methoxy groups -OCH3 is 2. The van der Waals surface area contributed by atoms with Crippen LogP contribution in [-0.4, -0.2) is 26.7 Å². The molecule has 5 heteroatoms. The van der Waals surface area contributed by atoms with Gasteiger partial charge in [0.05, 0.1) is 20.3 Å². The molecule has 0 spiro atoms. The Morgan fingerprint density at radius 3 is 2.56 bits per heavy atom. The van der Waals surface area contributed by atoms with E-state index in [-0.39, 0.29) is 5.91 Å². The van der Waals surface area contributed by atoms with Gasteiger partial charge in [-0.1, -0.05) is 36.4 Å². The smallest absolute Gasteiger partial charge is 0.251 e. The summed E-state index contributed by atoms with van der Waals surface area (Å²) in [5.74, 6) is 4.04. The monoisotopic (exact) mass is 482 g/mol. The maximum Gasteiger partial charge on any atom is 0.251 e. The van der Waals surface area contributed by atoms with Gasteiger partial charge in [0.25, 0.3) is 5.91 Å². The third-order valence-electron chi connectivity index (χ3n) is 8.66. The van der Waals surface area contributed by atoms with Crippen LogP contribution in [-0.2, 0) is 6.42 Å². The number of carbonyl (C=O) groups excluding carboxylic acids is 1. The molecule has 2 bridgehead atoms. The van der Waals surface area contributed by atoms with Crippen molar-refractivity contribution in [2.24, 2.45) is 17.8 Å². The van der Waals surface area contributed by atoms with Gasteiger partial charge in [0.15, 0.2) is 11.5 Å². The Balaban J connectivity index is 1.19. The molecular formula is C31H34N2O3. The van der Waals surface area contributed by atoms with Crippen LogP contribution in [0.25, 0.3) is 0 Å². The summed E-state index contributed by atoms with van der Waals surface area (Å²) in [6.45, 7) is 0.566. The minimum Gasteiger partial charge on any atom is -0.493 e. The minimum absolute atomic E-state index is 0.0110. The number of anilines is 1. The molecule has 5 atom stereocenters. The van der Waals surface area contributed by atoms with E-state index < -0.39 is 0 Å². The summed E-state index contributed by atoms with van der Waals surface area (Å²) < 4.78 is 10.7. The molecule has 0 unspecified atom stereocenters. The Kier molecular flexibility index (Phi) is 6.08. The molecule has 6 rings (SSSR count). The van der Waals surface area contributed by atoms with E-state index in [4.69, 9.17) is 9.47 Å². The third-order valence-corrected chi connectivity index (χ3v) is 8.66. The van der Waals surface area contributed by atoms with E-state index in [1.54, 1.807) is 14.2 Å². The van der Waals surface area contributed by atoms with Gasteiger partial charge >= 0.3 is 0 Å². The fourth-order valence-electron chi connectivity index (χ4n) is 7.08. The van der Waals surface area contributed by atoms with Crippen molar-refractivity contribution in [3.05, 3.63) is 89.0 Å². The predicted octanol–water partition coefficient (Wildman–Crippen LogP) is 5.97.